The Balaban J connectivity index is 1.22. The monoisotopic (exact) mass is 711 g/mol. The lowest BCUT2D eigenvalue weighted by atomic mass is 9.92. The molecular weight excluding hydrogens is 670 g/mol. The summed E-state index contributed by atoms with van der Waals surface area (Å²) in [5, 5.41) is 11.9. The van der Waals surface area contributed by atoms with E-state index in [2.05, 4.69) is 20.1 Å². The molecule has 264 valence electrons. The number of benzene rings is 4. The van der Waals surface area contributed by atoms with Crippen LogP contribution < -0.4 is 4.90 Å². The summed E-state index contributed by atoms with van der Waals surface area (Å²) in [7, 11) is 6.07. The number of aromatic nitrogens is 2. The molecular formula is C43H42ClN5O3. The van der Waals surface area contributed by atoms with Crippen LogP contribution in [-0.4, -0.2) is 62.5 Å². The Morgan fingerprint density at radius 3 is 2.48 bits per heavy atom. The molecule has 0 radical (unpaired) electrons. The van der Waals surface area contributed by atoms with Gasteiger partial charge in [-0.05, 0) is 118 Å². The van der Waals surface area contributed by atoms with Crippen molar-refractivity contribution < 1.29 is 14.7 Å². The van der Waals surface area contributed by atoms with Gasteiger partial charge in [0.05, 0.1) is 5.56 Å². The second-order valence-electron chi connectivity index (χ2n) is 14.3. The third-order valence-electron chi connectivity index (χ3n) is 10.6. The molecule has 1 atom stereocenters. The Morgan fingerprint density at radius 2 is 1.67 bits per heavy atom. The molecule has 2 aliphatic rings. The molecule has 4 aromatic carbocycles. The molecule has 1 N–H and O–H groups in total. The lowest BCUT2D eigenvalue weighted by Gasteiger charge is -2.39. The van der Waals surface area contributed by atoms with Gasteiger partial charge in [0.25, 0.3) is 11.8 Å². The number of amides is 2. The molecule has 0 unspecified atom stereocenters. The topological polar surface area (TPSA) is 74.0 Å². The average molecular weight is 712 g/mol. The first-order valence-corrected chi connectivity index (χ1v) is 18.3. The van der Waals surface area contributed by atoms with Gasteiger partial charge in [-0.15, -0.1) is 0 Å². The number of aryl methyl sites for hydroxylation is 1. The number of carbonyl (C=O) groups excluding carboxylic acids is 2. The van der Waals surface area contributed by atoms with Gasteiger partial charge in [0.2, 0.25) is 0 Å². The van der Waals surface area contributed by atoms with E-state index in [-0.39, 0.29) is 23.6 Å². The minimum absolute atomic E-state index is 0.0332. The van der Waals surface area contributed by atoms with E-state index in [0.717, 1.165) is 75.5 Å². The van der Waals surface area contributed by atoms with Crippen LogP contribution in [0.15, 0.2) is 103 Å². The SMILES string of the molecule is CN(C)C[C@@H]1Cc2c(Cl)cccc2CN1C(=O)c1ccccc1-c1cc(C(=O)N(c2ccc(O)cc2)c2ccc3c(ccn3C)c2)c2n1CCCC2. The maximum absolute atomic E-state index is 15.0. The Morgan fingerprint density at radius 1 is 0.885 bits per heavy atom. The van der Waals surface area contributed by atoms with Gasteiger partial charge in [-0.3, -0.25) is 14.5 Å². The van der Waals surface area contributed by atoms with E-state index in [0.29, 0.717) is 36.3 Å². The number of rotatable bonds is 7. The van der Waals surface area contributed by atoms with Gasteiger partial charge in [0.15, 0.2) is 0 Å². The smallest absolute Gasteiger partial charge is 0.264 e. The Kier molecular flexibility index (Phi) is 8.89. The molecule has 2 aromatic heterocycles. The highest BCUT2D eigenvalue weighted by atomic mass is 35.5. The van der Waals surface area contributed by atoms with Gasteiger partial charge in [0.1, 0.15) is 5.75 Å². The van der Waals surface area contributed by atoms with Gasteiger partial charge < -0.3 is 24.0 Å². The molecule has 4 heterocycles. The third-order valence-corrected chi connectivity index (χ3v) is 11.0. The summed E-state index contributed by atoms with van der Waals surface area (Å²) in [6.07, 6.45) is 5.41. The summed E-state index contributed by atoms with van der Waals surface area (Å²) in [5.41, 5.74) is 8.55. The van der Waals surface area contributed by atoms with Crippen LogP contribution in [0, 0.1) is 0 Å². The van der Waals surface area contributed by atoms with E-state index < -0.39 is 0 Å². The highest BCUT2D eigenvalue weighted by molar-refractivity contribution is 6.31. The molecule has 52 heavy (non-hydrogen) atoms. The fourth-order valence-corrected chi connectivity index (χ4v) is 8.38. The van der Waals surface area contributed by atoms with E-state index in [9.17, 15) is 14.7 Å². The second kappa shape index (κ2) is 13.7. The molecule has 6 aromatic rings. The summed E-state index contributed by atoms with van der Waals surface area (Å²) in [5.74, 6) is -0.0565. The van der Waals surface area contributed by atoms with Crippen LogP contribution >= 0.6 is 11.6 Å². The average Bonchev–Trinajstić information content (AvgIpc) is 3.72. The van der Waals surface area contributed by atoms with E-state index in [4.69, 9.17) is 11.6 Å². The number of carbonyl (C=O) groups is 2. The fraction of sp³-hybridized carbons (Fsp3) is 0.256. The van der Waals surface area contributed by atoms with Crippen LogP contribution in [0.25, 0.3) is 22.2 Å². The van der Waals surface area contributed by atoms with Crippen molar-refractivity contribution in [2.75, 3.05) is 25.5 Å². The van der Waals surface area contributed by atoms with Crippen LogP contribution in [0.3, 0.4) is 0 Å². The Labute approximate surface area is 309 Å². The van der Waals surface area contributed by atoms with E-state index in [1.54, 1.807) is 29.2 Å². The number of hydrogen-bond acceptors (Lipinski definition) is 4. The van der Waals surface area contributed by atoms with Crippen molar-refractivity contribution in [2.24, 2.45) is 7.05 Å². The summed E-state index contributed by atoms with van der Waals surface area (Å²) in [6, 6.07) is 30.5. The highest BCUT2D eigenvalue weighted by Gasteiger charge is 2.34. The first-order chi connectivity index (χ1) is 25.2. The fourth-order valence-electron chi connectivity index (χ4n) is 8.11. The lowest BCUT2D eigenvalue weighted by Crippen LogP contribution is -2.49. The predicted molar refractivity (Wildman–Crippen MR) is 208 cm³/mol. The number of hydrogen-bond donors (Lipinski definition) is 1. The molecule has 0 spiro atoms. The zero-order chi connectivity index (χ0) is 36.1. The summed E-state index contributed by atoms with van der Waals surface area (Å²) in [4.78, 5) is 35.6. The minimum atomic E-state index is -0.155. The van der Waals surface area contributed by atoms with Crippen molar-refractivity contribution in [3.05, 3.63) is 136 Å². The van der Waals surface area contributed by atoms with Crippen LogP contribution in [-0.2, 0) is 33.0 Å². The standard InChI is InChI=1S/C43H42ClN5O3/c1-45(2)27-32-24-36-29(9-8-12-38(36)44)26-48(32)42(51)35-11-5-4-10-34(35)41-25-37(40-13-6-7-21-47(40)41)43(52)49(30-14-17-33(50)18-15-30)31-16-19-39-28(23-31)20-22-46(39)3/h4-5,8-12,14-20,22-23,25,32,50H,6-7,13,21,24,26-27H2,1-3H3/t32-/m0/s1. The number of halogens is 1. The highest BCUT2D eigenvalue weighted by Crippen LogP contribution is 2.38. The third kappa shape index (κ3) is 6.06. The molecule has 0 aliphatic carbocycles. The Hall–Kier alpha value is -5.31. The molecule has 0 bridgehead atoms. The molecule has 8 rings (SSSR count). The van der Waals surface area contributed by atoms with Crippen LogP contribution in [0.1, 0.15) is 50.4 Å². The number of likely N-dealkylation sites (N-methyl/N-ethyl adjacent to an activating group) is 1. The molecule has 2 amide bonds. The van der Waals surface area contributed by atoms with E-state index >= 15 is 0 Å². The zero-order valence-electron chi connectivity index (χ0n) is 29.7. The van der Waals surface area contributed by atoms with Crippen molar-refractivity contribution in [3.8, 4) is 17.0 Å². The normalized spacial score (nSPS) is 15.5. The number of phenolic OH excluding ortho intramolecular Hbond substituents is 1. The van der Waals surface area contributed by atoms with Crippen LogP contribution in [0.2, 0.25) is 5.02 Å². The predicted octanol–water partition coefficient (Wildman–Crippen LogP) is 8.45. The van der Waals surface area contributed by atoms with Crippen molar-refractivity contribution >= 4 is 45.7 Å². The van der Waals surface area contributed by atoms with Crippen molar-refractivity contribution in [3.63, 3.8) is 0 Å². The van der Waals surface area contributed by atoms with Crippen molar-refractivity contribution in [2.45, 2.75) is 44.8 Å². The number of nitrogens with zero attached hydrogens (tertiary/aromatic N) is 5. The number of fused-ring (bicyclic) bond motifs is 3. The summed E-state index contributed by atoms with van der Waals surface area (Å²) in [6.45, 7) is 1.94. The molecule has 0 saturated heterocycles. The van der Waals surface area contributed by atoms with Gasteiger partial charge in [-0.2, -0.15) is 0 Å². The number of phenols is 1. The van der Waals surface area contributed by atoms with Gasteiger partial charge >= 0.3 is 0 Å². The first kappa shape index (κ1) is 33.8. The lowest BCUT2D eigenvalue weighted by molar-refractivity contribution is 0.0607. The molecule has 0 saturated carbocycles. The Bertz CT molecular complexity index is 2320. The molecule has 2 aliphatic heterocycles. The minimum Gasteiger partial charge on any atom is -0.508 e. The van der Waals surface area contributed by atoms with E-state index in [1.807, 2.05) is 99.0 Å². The number of aromatic hydroxyl groups is 1. The second-order valence-corrected chi connectivity index (χ2v) is 14.7. The van der Waals surface area contributed by atoms with E-state index in [1.165, 1.54) is 0 Å². The molecule has 8 nitrogen and oxygen atoms in total. The first-order valence-electron chi connectivity index (χ1n) is 17.9. The zero-order valence-corrected chi connectivity index (χ0v) is 30.5. The van der Waals surface area contributed by atoms with Crippen molar-refractivity contribution in [1.82, 2.24) is 18.9 Å². The molecule has 0 fully saturated rings. The maximum Gasteiger partial charge on any atom is 0.264 e. The summed E-state index contributed by atoms with van der Waals surface area (Å²) < 4.78 is 4.31. The van der Waals surface area contributed by atoms with Crippen molar-refractivity contribution in [1.29, 1.82) is 0 Å². The van der Waals surface area contributed by atoms with Crippen LogP contribution in [0.4, 0.5) is 11.4 Å². The number of anilines is 2. The van der Waals surface area contributed by atoms with Gasteiger partial charge in [-0.1, -0.05) is 41.9 Å². The largest absolute Gasteiger partial charge is 0.508 e. The quantitative estimate of drug-likeness (QED) is 0.180. The van der Waals surface area contributed by atoms with Gasteiger partial charge in [0, 0.05) is 88.7 Å². The maximum atomic E-state index is 15.0. The molecule has 9 heteroatoms. The van der Waals surface area contributed by atoms with Gasteiger partial charge in [-0.25, -0.2) is 0 Å². The van der Waals surface area contributed by atoms with Crippen LogP contribution in [0.5, 0.6) is 5.75 Å². The summed E-state index contributed by atoms with van der Waals surface area (Å²) >= 11 is 6.66.